The van der Waals surface area contributed by atoms with Crippen LogP contribution in [0, 0.1) is 3.57 Å². The lowest BCUT2D eigenvalue weighted by molar-refractivity contribution is 0.536. The molecule has 3 nitrogen and oxygen atoms in total. The monoisotopic (exact) mass is 369 g/mol. The first kappa shape index (κ1) is 14.5. The summed E-state index contributed by atoms with van der Waals surface area (Å²) in [6, 6.07) is 8.99. The van der Waals surface area contributed by atoms with Crippen LogP contribution in [0.1, 0.15) is 37.4 Å². The maximum absolute atomic E-state index is 4.46. The van der Waals surface area contributed by atoms with Crippen molar-refractivity contribution in [1.82, 2.24) is 15.1 Å². The number of nitrogens with zero attached hydrogens (tertiary/aromatic N) is 2. The van der Waals surface area contributed by atoms with E-state index in [1.54, 1.807) is 0 Å². The zero-order valence-corrected chi connectivity index (χ0v) is 13.6. The number of hydrogen-bond donors (Lipinski definition) is 1. The van der Waals surface area contributed by atoms with Crippen LogP contribution in [0.2, 0.25) is 0 Å². The molecule has 2 rings (SSSR count). The van der Waals surface area contributed by atoms with Crippen LogP contribution in [0.25, 0.3) is 0 Å². The Morgan fingerprint density at radius 3 is 2.63 bits per heavy atom. The quantitative estimate of drug-likeness (QED) is 0.789. The normalized spacial score (nSPS) is 12.6. The molecule has 1 unspecified atom stereocenters. The third-order valence-corrected chi connectivity index (χ3v) is 3.89. The van der Waals surface area contributed by atoms with Crippen molar-refractivity contribution in [3.05, 3.63) is 51.4 Å². The number of halogens is 1. The average Bonchev–Trinajstić information content (AvgIpc) is 2.87. The molecule has 19 heavy (non-hydrogen) atoms. The predicted octanol–water partition coefficient (Wildman–Crippen LogP) is 3.60. The van der Waals surface area contributed by atoms with Crippen LogP contribution in [0.5, 0.6) is 0 Å². The fourth-order valence-corrected chi connectivity index (χ4v) is 2.53. The van der Waals surface area contributed by atoms with Crippen molar-refractivity contribution in [2.75, 3.05) is 6.54 Å². The topological polar surface area (TPSA) is 29.9 Å². The first-order chi connectivity index (χ1) is 9.22. The van der Waals surface area contributed by atoms with Crippen LogP contribution < -0.4 is 5.32 Å². The predicted molar refractivity (Wildman–Crippen MR) is 87.2 cm³/mol. The van der Waals surface area contributed by atoms with Gasteiger partial charge in [-0.2, -0.15) is 5.10 Å². The fourth-order valence-electron chi connectivity index (χ4n) is 2.17. The minimum absolute atomic E-state index is 0.412. The van der Waals surface area contributed by atoms with Crippen LogP contribution in [-0.4, -0.2) is 16.3 Å². The van der Waals surface area contributed by atoms with Gasteiger partial charge in [0, 0.05) is 21.4 Å². The van der Waals surface area contributed by atoms with E-state index >= 15 is 0 Å². The molecule has 0 aliphatic rings. The Balaban J connectivity index is 2.06. The van der Waals surface area contributed by atoms with Crippen molar-refractivity contribution in [1.29, 1.82) is 0 Å². The maximum atomic E-state index is 4.46. The average molecular weight is 369 g/mol. The van der Waals surface area contributed by atoms with Crippen LogP contribution >= 0.6 is 22.6 Å². The number of hydrogen-bond acceptors (Lipinski definition) is 2. The molecule has 1 heterocycles. The summed E-state index contributed by atoms with van der Waals surface area (Å²) in [4.78, 5) is 0. The van der Waals surface area contributed by atoms with Gasteiger partial charge in [-0.1, -0.05) is 26.0 Å². The number of rotatable bonds is 6. The summed E-state index contributed by atoms with van der Waals surface area (Å²) in [5, 5.41) is 7.94. The van der Waals surface area contributed by atoms with Crippen molar-refractivity contribution in [3.63, 3.8) is 0 Å². The summed E-state index contributed by atoms with van der Waals surface area (Å²) >= 11 is 2.32. The van der Waals surface area contributed by atoms with Gasteiger partial charge in [0.25, 0.3) is 0 Å². The molecule has 0 amide bonds. The van der Waals surface area contributed by atoms with Gasteiger partial charge in [-0.25, -0.2) is 0 Å². The molecule has 4 heteroatoms. The van der Waals surface area contributed by atoms with E-state index in [4.69, 9.17) is 0 Å². The molecule has 0 saturated carbocycles. The van der Waals surface area contributed by atoms with Crippen molar-refractivity contribution in [2.24, 2.45) is 0 Å². The summed E-state index contributed by atoms with van der Waals surface area (Å²) in [5.41, 5.74) is 2.56. The lowest BCUT2D eigenvalue weighted by atomic mass is 10.1. The second-order valence-corrected chi connectivity index (χ2v) is 5.86. The van der Waals surface area contributed by atoms with Crippen LogP contribution in [-0.2, 0) is 6.54 Å². The Labute approximate surface area is 128 Å². The van der Waals surface area contributed by atoms with E-state index in [0.717, 1.165) is 19.5 Å². The van der Waals surface area contributed by atoms with Crippen molar-refractivity contribution >= 4 is 22.6 Å². The molecule has 2 aromatic rings. The molecule has 1 aromatic carbocycles. The molecule has 0 aliphatic carbocycles. The van der Waals surface area contributed by atoms with Gasteiger partial charge in [-0.15, -0.1) is 0 Å². The Bertz CT molecular complexity index is 504. The van der Waals surface area contributed by atoms with Gasteiger partial charge in [0.2, 0.25) is 0 Å². The zero-order chi connectivity index (χ0) is 13.7. The molecule has 0 fully saturated rings. The zero-order valence-electron chi connectivity index (χ0n) is 11.4. The van der Waals surface area contributed by atoms with Gasteiger partial charge in [0.1, 0.15) is 0 Å². The Hall–Kier alpha value is -0.880. The van der Waals surface area contributed by atoms with Gasteiger partial charge >= 0.3 is 0 Å². The van der Waals surface area contributed by atoms with Gasteiger partial charge in [-0.05, 0) is 53.3 Å². The van der Waals surface area contributed by atoms with Crippen molar-refractivity contribution in [3.8, 4) is 0 Å². The van der Waals surface area contributed by atoms with Crippen molar-refractivity contribution < 1.29 is 0 Å². The molecular formula is C15H20IN3. The highest BCUT2D eigenvalue weighted by molar-refractivity contribution is 14.1. The SMILES string of the molecule is CCNC(CC)c1cnn(Cc2ccc(I)cc2)c1. The summed E-state index contributed by atoms with van der Waals surface area (Å²) < 4.78 is 3.28. The Morgan fingerprint density at radius 1 is 1.26 bits per heavy atom. The van der Waals surface area contributed by atoms with Crippen molar-refractivity contribution in [2.45, 2.75) is 32.9 Å². The molecule has 1 aromatic heterocycles. The van der Waals surface area contributed by atoms with Crippen LogP contribution in [0.4, 0.5) is 0 Å². The maximum Gasteiger partial charge on any atom is 0.0659 e. The lowest BCUT2D eigenvalue weighted by Gasteiger charge is -2.13. The summed E-state index contributed by atoms with van der Waals surface area (Å²) in [6.45, 7) is 6.16. The number of nitrogens with one attached hydrogen (secondary N) is 1. The minimum Gasteiger partial charge on any atom is -0.310 e. The highest BCUT2D eigenvalue weighted by Gasteiger charge is 2.10. The largest absolute Gasteiger partial charge is 0.310 e. The van der Waals surface area contributed by atoms with E-state index in [2.05, 4.69) is 77.3 Å². The summed E-state index contributed by atoms with van der Waals surface area (Å²) in [7, 11) is 0. The second-order valence-electron chi connectivity index (χ2n) is 4.62. The molecular weight excluding hydrogens is 349 g/mol. The second kappa shape index (κ2) is 7.05. The smallest absolute Gasteiger partial charge is 0.0659 e. The van der Waals surface area contributed by atoms with E-state index < -0.39 is 0 Å². The molecule has 102 valence electrons. The molecule has 0 bridgehead atoms. The van der Waals surface area contributed by atoms with Gasteiger partial charge in [0.15, 0.2) is 0 Å². The Morgan fingerprint density at radius 2 is 2.00 bits per heavy atom. The summed E-state index contributed by atoms with van der Waals surface area (Å²) in [5.74, 6) is 0. The van der Waals surface area contributed by atoms with Crippen LogP contribution in [0.15, 0.2) is 36.7 Å². The van der Waals surface area contributed by atoms with E-state index in [9.17, 15) is 0 Å². The molecule has 0 spiro atoms. The third kappa shape index (κ3) is 4.04. The van der Waals surface area contributed by atoms with E-state index in [1.165, 1.54) is 14.7 Å². The standard InChI is InChI=1S/C15H20IN3/c1-3-15(17-4-2)13-9-18-19(11-13)10-12-5-7-14(16)8-6-12/h5-9,11,15,17H,3-4,10H2,1-2H3. The van der Waals surface area contributed by atoms with Crippen LogP contribution in [0.3, 0.4) is 0 Å². The third-order valence-electron chi connectivity index (χ3n) is 3.17. The van der Waals surface area contributed by atoms with Gasteiger partial charge in [0.05, 0.1) is 12.7 Å². The van der Waals surface area contributed by atoms with E-state index in [-0.39, 0.29) is 0 Å². The highest BCUT2D eigenvalue weighted by atomic mass is 127. The van der Waals surface area contributed by atoms with E-state index in [0.29, 0.717) is 6.04 Å². The molecule has 1 N–H and O–H groups in total. The first-order valence-electron chi connectivity index (χ1n) is 6.73. The summed E-state index contributed by atoms with van der Waals surface area (Å²) in [6.07, 6.45) is 5.21. The molecule has 0 aliphatic heterocycles. The molecule has 0 radical (unpaired) electrons. The number of benzene rings is 1. The number of aromatic nitrogens is 2. The van der Waals surface area contributed by atoms with Gasteiger partial charge in [-0.3, -0.25) is 4.68 Å². The lowest BCUT2D eigenvalue weighted by Crippen LogP contribution is -2.19. The fraction of sp³-hybridized carbons (Fsp3) is 0.400. The first-order valence-corrected chi connectivity index (χ1v) is 7.81. The minimum atomic E-state index is 0.412. The Kier molecular flexibility index (Phi) is 5.39. The highest BCUT2D eigenvalue weighted by Crippen LogP contribution is 2.16. The van der Waals surface area contributed by atoms with E-state index in [1.807, 2.05) is 10.9 Å². The van der Waals surface area contributed by atoms with Gasteiger partial charge < -0.3 is 5.32 Å². The molecule has 1 atom stereocenters. The molecule has 0 saturated heterocycles.